The van der Waals surface area contributed by atoms with Gasteiger partial charge in [-0.25, -0.2) is 14.9 Å². The van der Waals surface area contributed by atoms with E-state index in [-0.39, 0.29) is 0 Å². The summed E-state index contributed by atoms with van der Waals surface area (Å²) in [6.07, 6.45) is -1.04. The third-order valence-corrected chi connectivity index (χ3v) is 1.08. The van der Waals surface area contributed by atoms with E-state index in [1.54, 1.807) is 26.1 Å². The van der Waals surface area contributed by atoms with E-state index in [1.807, 2.05) is 0 Å². The largest absolute Gasteiger partial charge is 0.443 e. The Balaban J connectivity index is 4.22. The minimum Gasteiger partial charge on any atom is -0.443 e. The van der Waals surface area contributed by atoms with E-state index >= 15 is 0 Å². The molecule has 0 aromatic rings. The molecule has 0 fully saturated rings. The summed E-state index contributed by atoms with van der Waals surface area (Å²) in [7, 11) is -2.88. The summed E-state index contributed by atoms with van der Waals surface area (Å²) in [5.41, 5.74) is -0.763. The average molecular weight is 222 g/mol. The fourth-order valence-corrected chi connectivity index (χ4v) is 0.662. The molecule has 0 aliphatic rings. The van der Waals surface area contributed by atoms with Gasteiger partial charge in [-0.15, -0.1) is 0 Å². The number of carbonyl (C=O) groups excluding carboxylic acids is 2. The van der Waals surface area contributed by atoms with Crippen LogP contribution in [0.15, 0.2) is 4.36 Å². The highest BCUT2D eigenvalue weighted by Gasteiger charge is 2.17. The van der Waals surface area contributed by atoms with Gasteiger partial charge >= 0.3 is 22.6 Å². The Bertz CT molecular complexity index is 356. The molecule has 7 nitrogen and oxygen atoms in total. The van der Waals surface area contributed by atoms with Crippen molar-refractivity contribution in [3.05, 3.63) is 0 Å². The number of urea groups is 1. The first-order valence-electron chi connectivity index (χ1n) is 3.56. The van der Waals surface area contributed by atoms with Gasteiger partial charge in [-0.1, -0.05) is 4.36 Å². The summed E-state index contributed by atoms with van der Waals surface area (Å²) in [5.74, 6) is 0. The summed E-state index contributed by atoms with van der Waals surface area (Å²) >= 11 is 0. The van der Waals surface area contributed by atoms with Gasteiger partial charge in [0.05, 0.1) is 0 Å². The van der Waals surface area contributed by atoms with E-state index in [0.717, 1.165) is 0 Å². The molecule has 0 aliphatic heterocycles. The molecule has 0 saturated carbocycles. The standard InChI is InChI=1S/C6H10N2O5S/c1-6(2,3)13-5(10)7-4(9)8-14(11)12/h1-3H3,(H,7,9,10). The monoisotopic (exact) mass is 222 g/mol. The lowest BCUT2D eigenvalue weighted by Crippen LogP contribution is -2.34. The number of nitrogens with zero attached hydrogens (tertiary/aromatic N) is 1. The highest BCUT2D eigenvalue weighted by Crippen LogP contribution is 2.06. The molecular formula is C6H10N2O5S. The van der Waals surface area contributed by atoms with Gasteiger partial charge in [0.25, 0.3) is 0 Å². The first kappa shape index (κ1) is 12.6. The van der Waals surface area contributed by atoms with Crippen LogP contribution >= 0.6 is 0 Å². The van der Waals surface area contributed by atoms with Gasteiger partial charge in [0.15, 0.2) is 0 Å². The molecule has 0 bridgehead atoms. The molecule has 0 aromatic carbocycles. The second-order valence-electron chi connectivity index (χ2n) is 3.24. The van der Waals surface area contributed by atoms with Crippen molar-refractivity contribution in [2.24, 2.45) is 4.36 Å². The number of nitrogens with one attached hydrogen (secondary N) is 1. The predicted molar refractivity (Wildman–Crippen MR) is 46.1 cm³/mol. The maximum absolute atomic E-state index is 10.8. The number of carbonyl (C=O) groups is 2. The summed E-state index contributed by atoms with van der Waals surface area (Å²) in [4.78, 5) is 21.4. The van der Waals surface area contributed by atoms with Crippen molar-refractivity contribution in [3.63, 3.8) is 0 Å². The molecule has 0 atom stereocenters. The maximum Gasteiger partial charge on any atom is 0.415 e. The van der Waals surface area contributed by atoms with Crippen LogP contribution in [-0.4, -0.2) is 26.1 Å². The van der Waals surface area contributed by atoms with Crippen molar-refractivity contribution >= 4 is 22.6 Å². The van der Waals surface area contributed by atoms with Crippen molar-refractivity contribution < 1.29 is 22.7 Å². The molecule has 0 radical (unpaired) electrons. The third-order valence-electron chi connectivity index (χ3n) is 0.765. The molecule has 0 saturated heterocycles. The number of rotatable bonds is 0. The van der Waals surface area contributed by atoms with Gasteiger partial charge in [-0.2, -0.15) is 8.42 Å². The SMILES string of the molecule is CC(C)(C)OC(=O)NC(=O)N=S(=O)=O. The maximum atomic E-state index is 10.8. The third kappa shape index (κ3) is 7.22. The zero-order chi connectivity index (χ0) is 11.4. The lowest BCUT2D eigenvalue weighted by Gasteiger charge is -2.18. The van der Waals surface area contributed by atoms with Crippen LogP contribution in [-0.2, 0) is 15.2 Å². The minimum absolute atomic E-state index is 0.763. The van der Waals surface area contributed by atoms with Crippen molar-refractivity contribution in [2.75, 3.05) is 0 Å². The van der Waals surface area contributed by atoms with Crippen molar-refractivity contribution in [2.45, 2.75) is 26.4 Å². The lowest BCUT2D eigenvalue weighted by molar-refractivity contribution is 0.0550. The van der Waals surface area contributed by atoms with Gasteiger partial charge in [-0.3, -0.25) is 0 Å². The molecule has 0 aliphatic carbocycles. The van der Waals surface area contributed by atoms with Gasteiger partial charge in [0, 0.05) is 0 Å². The number of ether oxygens (including phenoxy) is 1. The molecule has 14 heavy (non-hydrogen) atoms. The fourth-order valence-electron chi connectivity index (χ4n) is 0.481. The first-order valence-corrected chi connectivity index (χ1v) is 4.59. The highest BCUT2D eigenvalue weighted by molar-refractivity contribution is 7.62. The summed E-state index contributed by atoms with van der Waals surface area (Å²) in [5, 5.41) is 1.61. The van der Waals surface area contributed by atoms with Crippen LogP contribution in [0.3, 0.4) is 0 Å². The number of alkyl carbamates (subject to hydrolysis) is 1. The Hall–Kier alpha value is -1.44. The molecule has 3 amide bonds. The smallest absolute Gasteiger partial charge is 0.415 e. The van der Waals surface area contributed by atoms with Crippen LogP contribution in [0.4, 0.5) is 9.59 Å². The molecule has 80 valence electrons. The van der Waals surface area contributed by atoms with E-state index in [1.165, 1.54) is 0 Å². The number of hydrogen-bond donors (Lipinski definition) is 1. The summed E-state index contributed by atoms with van der Waals surface area (Å²) < 4.78 is 27.0. The zero-order valence-electron chi connectivity index (χ0n) is 7.90. The molecule has 0 unspecified atom stereocenters. The first-order chi connectivity index (χ1) is 6.20. The van der Waals surface area contributed by atoms with E-state index in [4.69, 9.17) is 0 Å². The lowest BCUT2D eigenvalue weighted by atomic mass is 10.2. The van der Waals surface area contributed by atoms with Crippen LogP contribution < -0.4 is 5.32 Å². The van der Waals surface area contributed by atoms with E-state index in [0.29, 0.717) is 0 Å². The topological polar surface area (TPSA) is 102 Å². The van der Waals surface area contributed by atoms with E-state index in [2.05, 4.69) is 9.10 Å². The average Bonchev–Trinajstić information content (AvgIpc) is 1.77. The summed E-state index contributed by atoms with van der Waals surface area (Å²) in [6.45, 7) is 4.79. The normalized spacial score (nSPS) is 10.2. The highest BCUT2D eigenvalue weighted by atomic mass is 32.2. The second-order valence-corrected chi connectivity index (χ2v) is 3.86. The van der Waals surface area contributed by atoms with Crippen LogP contribution in [0.25, 0.3) is 0 Å². The quantitative estimate of drug-likeness (QED) is 0.649. The van der Waals surface area contributed by atoms with Crippen LogP contribution in [0.1, 0.15) is 20.8 Å². The van der Waals surface area contributed by atoms with Gasteiger partial charge in [0.1, 0.15) is 5.60 Å². The molecule has 8 heteroatoms. The Kier molecular flexibility index (Phi) is 4.22. The fraction of sp³-hybridized carbons (Fsp3) is 0.667. The van der Waals surface area contributed by atoms with Crippen LogP contribution in [0, 0.1) is 0 Å². The minimum atomic E-state index is -2.88. The summed E-state index contributed by atoms with van der Waals surface area (Å²) in [6, 6.07) is -1.28. The number of imide groups is 1. The second kappa shape index (κ2) is 4.70. The van der Waals surface area contributed by atoms with E-state index in [9.17, 15) is 18.0 Å². The Morgan fingerprint density at radius 2 is 1.79 bits per heavy atom. The van der Waals surface area contributed by atoms with E-state index < -0.39 is 28.2 Å². The molecule has 0 rings (SSSR count). The van der Waals surface area contributed by atoms with Gasteiger partial charge in [0.2, 0.25) is 0 Å². The van der Waals surface area contributed by atoms with Crippen LogP contribution in [0.2, 0.25) is 0 Å². The Morgan fingerprint density at radius 3 is 2.14 bits per heavy atom. The van der Waals surface area contributed by atoms with Gasteiger partial charge < -0.3 is 4.74 Å². The van der Waals surface area contributed by atoms with Crippen molar-refractivity contribution in [1.82, 2.24) is 5.32 Å². The van der Waals surface area contributed by atoms with Crippen LogP contribution in [0.5, 0.6) is 0 Å². The Morgan fingerprint density at radius 1 is 1.29 bits per heavy atom. The van der Waals surface area contributed by atoms with Crippen molar-refractivity contribution in [3.8, 4) is 0 Å². The Labute approximate surface area is 82.1 Å². The molecule has 1 N–H and O–H groups in total. The molecular weight excluding hydrogens is 212 g/mol. The zero-order valence-corrected chi connectivity index (χ0v) is 8.71. The number of amides is 3. The number of hydrogen-bond acceptors (Lipinski definition) is 5. The molecule has 0 heterocycles. The predicted octanol–water partition coefficient (Wildman–Crippen LogP) is 0.694. The molecule has 0 aromatic heterocycles. The van der Waals surface area contributed by atoms with Crippen molar-refractivity contribution in [1.29, 1.82) is 0 Å². The van der Waals surface area contributed by atoms with Gasteiger partial charge in [-0.05, 0) is 20.8 Å². The molecule has 0 spiro atoms.